The van der Waals surface area contributed by atoms with Gasteiger partial charge in [0.2, 0.25) is 0 Å². The van der Waals surface area contributed by atoms with Gasteiger partial charge in [0.25, 0.3) is 0 Å². The number of rotatable bonds is 1. The Morgan fingerprint density at radius 3 is 2.55 bits per heavy atom. The summed E-state index contributed by atoms with van der Waals surface area (Å²) in [6.07, 6.45) is 6.83. The van der Waals surface area contributed by atoms with Crippen molar-refractivity contribution in [2.75, 3.05) is 20.1 Å². The lowest BCUT2D eigenvalue weighted by atomic mass is 9.76. The van der Waals surface area contributed by atoms with E-state index < -0.39 is 0 Å². The summed E-state index contributed by atoms with van der Waals surface area (Å²) in [7, 11) is 2.24. The molecule has 2 heteroatoms. The van der Waals surface area contributed by atoms with Crippen molar-refractivity contribution in [3.8, 4) is 0 Å². The predicted molar refractivity (Wildman–Crippen MR) is 90.2 cm³/mol. The van der Waals surface area contributed by atoms with Crippen molar-refractivity contribution in [3.63, 3.8) is 0 Å². The van der Waals surface area contributed by atoms with Crippen LogP contribution in [0, 0.1) is 5.92 Å². The smallest absolute Gasteiger partial charge is 0.0513 e. The molecule has 2 nitrogen and oxygen atoms in total. The number of aryl methyl sites for hydroxylation is 2. The SMILES string of the molecule is CN1CCC([C@H]2c3ccccc3CCc3cccnc32)CC1. The van der Waals surface area contributed by atoms with Gasteiger partial charge in [-0.2, -0.15) is 0 Å². The van der Waals surface area contributed by atoms with E-state index in [1.165, 1.54) is 48.3 Å². The number of likely N-dealkylation sites (tertiary alicyclic amines) is 1. The summed E-state index contributed by atoms with van der Waals surface area (Å²) in [6, 6.07) is 13.4. The number of piperidine rings is 1. The molecule has 0 radical (unpaired) electrons. The first kappa shape index (κ1) is 14.0. The maximum absolute atomic E-state index is 4.84. The molecule has 1 aliphatic heterocycles. The van der Waals surface area contributed by atoms with Crippen molar-refractivity contribution in [1.29, 1.82) is 0 Å². The molecular weight excluding hydrogens is 268 g/mol. The number of aromatic nitrogens is 1. The molecule has 1 fully saturated rings. The topological polar surface area (TPSA) is 16.1 Å². The molecule has 114 valence electrons. The molecule has 2 aliphatic rings. The molecule has 0 saturated carbocycles. The van der Waals surface area contributed by atoms with Gasteiger partial charge in [0.1, 0.15) is 0 Å². The normalized spacial score (nSPS) is 22.7. The molecule has 1 aromatic carbocycles. The average Bonchev–Trinajstić information content (AvgIpc) is 2.73. The Kier molecular flexibility index (Phi) is 3.71. The van der Waals surface area contributed by atoms with E-state index in [4.69, 9.17) is 4.98 Å². The van der Waals surface area contributed by atoms with E-state index in [-0.39, 0.29) is 0 Å². The van der Waals surface area contributed by atoms with Crippen LogP contribution in [0.4, 0.5) is 0 Å². The lowest BCUT2D eigenvalue weighted by molar-refractivity contribution is 0.206. The third kappa shape index (κ3) is 2.46. The predicted octanol–water partition coefficient (Wildman–Crippen LogP) is 3.65. The summed E-state index contributed by atoms with van der Waals surface area (Å²) in [5.74, 6) is 1.22. The summed E-state index contributed by atoms with van der Waals surface area (Å²) in [4.78, 5) is 7.30. The molecule has 0 spiro atoms. The van der Waals surface area contributed by atoms with Gasteiger partial charge in [-0.1, -0.05) is 30.3 Å². The maximum Gasteiger partial charge on any atom is 0.0513 e. The molecule has 1 atom stereocenters. The lowest BCUT2D eigenvalue weighted by Crippen LogP contribution is -2.33. The fourth-order valence-corrected chi connectivity index (χ4v) is 4.26. The largest absolute Gasteiger partial charge is 0.306 e. The average molecular weight is 292 g/mol. The molecule has 1 aliphatic carbocycles. The molecular formula is C20H24N2. The van der Waals surface area contributed by atoms with Crippen LogP contribution in [0.3, 0.4) is 0 Å². The van der Waals surface area contributed by atoms with E-state index >= 15 is 0 Å². The van der Waals surface area contributed by atoms with Gasteiger partial charge in [-0.15, -0.1) is 0 Å². The van der Waals surface area contributed by atoms with Crippen LogP contribution >= 0.6 is 0 Å². The summed E-state index contributed by atoms with van der Waals surface area (Å²) >= 11 is 0. The Morgan fingerprint density at radius 2 is 1.68 bits per heavy atom. The van der Waals surface area contributed by atoms with Crippen LogP contribution in [0.2, 0.25) is 0 Å². The third-order valence-corrected chi connectivity index (χ3v) is 5.51. The molecule has 0 amide bonds. The van der Waals surface area contributed by atoms with Crippen molar-refractivity contribution in [1.82, 2.24) is 9.88 Å². The van der Waals surface area contributed by atoms with E-state index in [1.54, 1.807) is 0 Å². The van der Waals surface area contributed by atoms with E-state index in [0.29, 0.717) is 5.92 Å². The van der Waals surface area contributed by atoms with Crippen LogP contribution in [0.5, 0.6) is 0 Å². The van der Waals surface area contributed by atoms with E-state index in [1.807, 2.05) is 6.20 Å². The number of fused-ring (bicyclic) bond motifs is 2. The number of nitrogens with zero attached hydrogens (tertiary/aromatic N) is 2. The van der Waals surface area contributed by atoms with Gasteiger partial charge in [-0.05, 0) is 74.5 Å². The minimum absolute atomic E-state index is 0.489. The standard InChI is InChI=1S/C20H24N2/c1-22-13-10-16(11-14-22)19-18-7-3-2-5-15(18)8-9-17-6-4-12-21-20(17)19/h2-7,12,16,19H,8-11,13-14H2,1H3/t19-/m0/s1. The summed E-state index contributed by atoms with van der Waals surface area (Å²) in [5, 5.41) is 0. The van der Waals surface area contributed by atoms with Crippen LogP contribution in [0.1, 0.15) is 41.1 Å². The Morgan fingerprint density at radius 1 is 0.955 bits per heavy atom. The molecule has 22 heavy (non-hydrogen) atoms. The van der Waals surface area contributed by atoms with Crippen LogP contribution in [0.25, 0.3) is 0 Å². The fraction of sp³-hybridized carbons (Fsp3) is 0.450. The second-order valence-electron chi connectivity index (χ2n) is 6.86. The molecule has 2 heterocycles. The zero-order valence-corrected chi connectivity index (χ0v) is 13.3. The van der Waals surface area contributed by atoms with Crippen LogP contribution < -0.4 is 0 Å². The van der Waals surface area contributed by atoms with E-state index in [0.717, 1.165) is 18.8 Å². The van der Waals surface area contributed by atoms with Gasteiger partial charge in [0.05, 0.1) is 5.69 Å². The minimum atomic E-state index is 0.489. The van der Waals surface area contributed by atoms with Crippen molar-refractivity contribution >= 4 is 0 Å². The molecule has 0 unspecified atom stereocenters. The molecule has 2 aromatic rings. The van der Waals surface area contributed by atoms with Crippen LogP contribution in [-0.2, 0) is 12.8 Å². The second-order valence-corrected chi connectivity index (χ2v) is 6.86. The lowest BCUT2D eigenvalue weighted by Gasteiger charge is -2.35. The first-order chi connectivity index (χ1) is 10.8. The maximum atomic E-state index is 4.84. The molecule has 0 bridgehead atoms. The molecule has 0 N–H and O–H groups in total. The number of hydrogen-bond acceptors (Lipinski definition) is 2. The number of pyridine rings is 1. The summed E-state index contributed by atoms with van der Waals surface area (Å²) in [6.45, 7) is 2.43. The minimum Gasteiger partial charge on any atom is -0.306 e. The van der Waals surface area contributed by atoms with Crippen molar-refractivity contribution in [2.45, 2.75) is 31.6 Å². The second kappa shape index (κ2) is 5.85. The van der Waals surface area contributed by atoms with Crippen molar-refractivity contribution in [3.05, 3.63) is 65.0 Å². The fourth-order valence-electron chi connectivity index (χ4n) is 4.26. The highest BCUT2D eigenvalue weighted by Crippen LogP contribution is 2.41. The van der Waals surface area contributed by atoms with Gasteiger partial charge in [0.15, 0.2) is 0 Å². The zero-order chi connectivity index (χ0) is 14.9. The summed E-state index contributed by atoms with van der Waals surface area (Å²) in [5.41, 5.74) is 5.88. The highest BCUT2D eigenvalue weighted by atomic mass is 15.1. The number of hydrogen-bond donors (Lipinski definition) is 0. The first-order valence-corrected chi connectivity index (χ1v) is 8.53. The molecule has 1 aromatic heterocycles. The Bertz CT molecular complexity index is 609. The number of benzene rings is 1. The molecule has 4 rings (SSSR count). The zero-order valence-electron chi connectivity index (χ0n) is 13.3. The van der Waals surface area contributed by atoms with Gasteiger partial charge < -0.3 is 4.90 Å². The summed E-state index contributed by atoms with van der Waals surface area (Å²) < 4.78 is 0. The van der Waals surface area contributed by atoms with Gasteiger partial charge in [-0.3, -0.25) is 4.98 Å². The van der Waals surface area contributed by atoms with Gasteiger partial charge >= 0.3 is 0 Å². The monoisotopic (exact) mass is 292 g/mol. The van der Waals surface area contributed by atoms with E-state index in [2.05, 4.69) is 48.3 Å². The highest BCUT2D eigenvalue weighted by molar-refractivity contribution is 5.42. The Balaban J connectivity index is 1.80. The quantitative estimate of drug-likeness (QED) is 0.797. The third-order valence-electron chi connectivity index (χ3n) is 5.51. The van der Waals surface area contributed by atoms with E-state index in [9.17, 15) is 0 Å². The highest BCUT2D eigenvalue weighted by Gasteiger charge is 2.32. The first-order valence-electron chi connectivity index (χ1n) is 8.53. The van der Waals surface area contributed by atoms with Gasteiger partial charge in [0, 0.05) is 12.1 Å². The van der Waals surface area contributed by atoms with Gasteiger partial charge in [-0.25, -0.2) is 0 Å². The Hall–Kier alpha value is -1.67. The van der Waals surface area contributed by atoms with Crippen LogP contribution in [0.15, 0.2) is 42.6 Å². The molecule has 1 saturated heterocycles. The Labute approximate surface area is 133 Å². The van der Waals surface area contributed by atoms with Crippen molar-refractivity contribution < 1.29 is 0 Å². The van der Waals surface area contributed by atoms with Crippen LogP contribution in [-0.4, -0.2) is 30.0 Å². The van der Waals surface area contributed by atoms with Crippen molar-refractivity contribution in [2.24, 2.45) is 5.92 Å².